The Bertz CT molecular complexity index is 3270. The van der Waals surface area contributed by atoms with Crippen LogP contribution in [-0.2, 0) is 10.8 Å². The van der Waals surface area contributed by atoms with Gasteiger partial charge in [-0.1, -0.05) is 167 Å². The summed E-state index contributed by atoms with van der Waals surface area (Å²) in [6.45, 7) is 9.52. The van der Waals surface area contributed by atoms with E-state index >= 15 is 0 Å². The molecular formula is C55H43N3O. The van der Waals surface area contributed by atoms with E-state index in [1.165, 1.54) is 44.7 Å². The van der Waals surface area contributed by atoms with Crippen molar-refractivity contribution in [1.82, 2.24) is 15.0 Å². The van der Waals surface area contributed by atoms with Gasteiger partial charge in [-0.25, -0.2) is 15.0 Å². The molecule has 0 saturated carbocycles. The summed E-state index contributed by atoms with van der Waals surface area (Å²) in [5.41, 5.74) is 12.0. The van der Waals surface area contributed by atoms with Gasteiger partial charge in [0.05, 0.1) is 0 Å². The van der Waals surface area contributed by atoms with Gasteiger partial charge in [0.1, 0.15) is 11.2 Å². The fourth-order valence-corrected chi connectivity index (χ4v) is 9.27. The van der Waals surface area contributed by atoms with Crippen LogP contribution < -0.4 is 0 Å². The van der Waals surface area contributed by atoms with Crippen molar-refractivity contribution in [2.45, 2.75) is 51.4 Å². The molecule has 2 aromatic heterocycles. The number of rotatable bonds is 5. The van der Waals surface area contributed by atoms with Gasteiger partial charge in [0.15, 0.2) is 17.5 Å². The number of hydrogen-bond acceptors (Lipinski definition) is 4. The Morgan fingerprint density at radius 3 is 1.71 bits per heavy atom. The Morgan fingerprint density at radius 2 is 0.932 bits per heavy atom. The first-order chi connectivity index (χ1) is 28.7. The Kier molecular flexibility index (Phi) is 7.96. The average molecular weight is 762 g/mol. The van der Waals surface area contributed by atoms with Crippen LogP contribution in [0.3, 0.4) is 0 Å². The normalized spacial score (nSPS) is 14.6. The summed E-state index contributed by atoms with van der Waals surface area (Å²) in [5.74, 6) is 1.87. The van der Waals surface area contributed by atoms with Gasteiger partial charge in [0, 0.05) is 33.0 Å². The molecule has 1 aliphatic rings. The molecule has 8 aromatic carbocycles. The number of hydrogen-bond donors (Lipinski definition) is 0. The second kappa shape index (κ2) is 13.3. The Labute approximate surface area is 344 Å². The molecule has 0 bridgehead atoms. The Hall–Kier alpha value is -6.91. The number of benzene rings is 8. The van der Waals surface area contributed by atoms with Crippen LogP contribution in [0.5, 0.6) is 0 Å². The summed E-state index contributed by atoms with van der Waals surface area (Å²) in [4.78, 5) is 15.8. The highest BCUT2D eigenvalue weighted by Crippen LogP contribution is 2.48. The lowest BCUT2D eigenvalue weighted by Gasteiger charge is -2.42. The maximum atomic E-state index is 6.72. The molecule has 0 atom stereocenters. The molecule has 11 rings (SSSR count). The van der Waals surface area contributed by atoms with Crippen LogP contribution in [0, 0.1) is 0 Å². The van der Waals surface area contributed by atoms with Crippen LogP contribution in [0.15, 0.2) is 168 Å². The molecule has 59 heavy (non-hydrogen) atoms. The molecule has 0 spiro atoms. The minimum atomic E-state index is 0.0602. The van der Waals surface area contributed by atoms with E-state index < -0.39 is 0 Å². The van der Waals surface area contributed by atoms with E-state index in [1.54, 1.807) is 0 Å². The highest BCUT2D eigenvalue weighted by Gasteiger charge is 2.37. The van der Waals surface area contributed by atoms with Crippen LogP contribution in [-0.4, -0.2) is 15.0 Å². The summed E-state index contributed by atoms with van der Waals surface area (Å²) in [7, 11) is 0. The zero-order valence-electron chi connectivity index (χ0n) is 33.8. The number of fused-ring (bicyclic) bond motifs is 7. The Morgan fingerprint density at radius 1 is 0.390 bits per heavy atom. The lowest BCUT2D eigenvalue weighted by molar-refractivity contribution is 0.332. The molecule has 0 unspecified atom stereocenters. The van der Waals surface area contributed by atoms with Gasteiger partial charge in [0.2, 0.25) is 0 Å². The fraction of sp³-hybridized carbons (Fsp3) is 0.145. The van der Waals surface area contributed by atoms with Crippen LogP contribution in [0.4, 0.5) is 0 Å². The molecule has 1 aliphatic carbocycles. The van der Waals surface area contributed by atoms with Crippen LogP contribution in [0.25, 0.3) is 99.9 Å². The minimum Gasteiger partial charge on any atom is -0.455 e. The maximum Gasteiger partial charge on any atom is 0.164 e. The van der Waals surface area contributed by atoms with E-state index in [2.05, 4.69) is 179 Å². The quantitative estimate of drug-likeness (QED) is 0.164. The van der Waals surface area contributed by atoms with E-state index in [1.807, 2.05) is 12.1 Å². The van der Waals surface area contributed by atoms with Gasteiger partial charge in [-0.15, -0.1) is 0 Å². The van der Waals surface area contributed by atoms with Crippen molar-refractivity contribution >= 4 is 43.5 Å². The molecule has 4 heteroatoms. The molecule has 0 radical (unpaired) electrons. The molecule has 284 valence electrons. The van der Waals surface area contributed by atoms with Crippen molar-refractivity contribution in [3.05, 3.63) is 175 Å². The predicted molar refractivity (Wildman–Crippen MR) is 245 cm³/mol. The SMILES string of the molecule is CC1(C)CCC(C)(C)c2cc(-c3cc(-c4nc(-c5ccc(-c6ccccc6)cc5)nc(-c5ccc6ccc7ccccc7c6c5)n4)cc4c3oc3ccccc34)ccc21. The van der Waals surface area contributed by atoms with Crippen molar-refractivity contribution in [2.75, 3.05) is 0 Å². The first-order valence-corrected chi connectivity index (χ1v) is 20.6. The topological polar surface area (TPSA) is 51.8 Å². The standard InChI is InChI=1S/C55H43N3O/c1-54(2)28-29-55(3,4)48-33-39(26-27-47(48)54)45-31-41(32-46-43-16-10-11-17-49(43)59-50(45)46)53-57-51(38-23-18-35(19-24-38)34-12-6-5-7-13-34)56-52(58-53)40-25-22-37-21-20-36-14-8-9-15-42(36)44(37)30-40/h5-27,30-33H,28-29H2,1-4H3. The van der Waals surface area contributed by atoms with Crippen LogP contribution in [0.2, 0.25) is 0 Å². The maximum absolute atomic E-state index is 6.72. The molecule has 0 aliphatic heterocycles. The lowest BCUT2D eigenvalue weighted by Crippen LogP contribution is -2.33. The summed E-state index contributed by atoms with van der Waals surface area (Å²) < 4.78 is 6.72. The average Bonchev–Trinajstić information content (AvgIpc) is 3.66. The summed E-state index contributed by atoms with van der Waals surface area (Å²) in [5, 5.41) is 6.86. The van der Waals surface area contributed by atoms with Crippen molar-refractivity contribution in [2.24, 2.45) is 0 Å². The predicted octanol–water partition coefficient (Wildman–Crippen LogP) is 14.8. The summed E-state index contributed by atoms with van der Waals surface area (Å²) >= 11 is 0. The third-order valence-electron chi connectivity index (χ3n) is 12.8. The molecule has 2 heterocycles. The molecule has 10 aromatic rings. The molecular weight excluding hydrogens is 719 g/mol. The molecule has 0 N–H and O–H groups in total. The van der Waals surface area contributed by atoms with Gasteiger partial charge >= 0.3 is 0 Å². The van der Waals surface area contributed by atoms with E-state index in [0.29, 0.717) is 17.5 Å². The highest BCUT2D eigenvalue weighted by molar-refractivity contribution is 6.11. The molecule has 0 amide bonds. The monoisotopic (exact) mass is 761 g/mol. The lowest BCUT2D eigenvalue weighted by atomic mass is 9.63. The third kappa shape index (κ3) is 6.01. The second-order valence-electron chi connectivity index (χ2n) is 17.5. The number of nitrogens with zero attached hydrogens (tertiary/aromatic N) is 3. The molecule has 0 fully saturated rings. The zero-order chi connectivity index (χ0) is 39.9. The van der Waals surface area contributed by atoms with Crippen molar-refractivity contribution < 1.29 is 4.42 Å². The minimum absolute atomic E-state index is 0.0602. The van der Waals surface area contributed by atoms with E-state index in [-0.39, 0.29) is 10.8 Å². The van der Waals surface area contributed by atoms with Crippen molar-refractivity contribution in [3.63, 3.8) is 0 Å². The van der Waals surface area contributed by atoms with Gasteiger partial charge in [-0.2, -0.15) is 0 Å². The van der Waals surface area contributed by atoms with Crippen LogP contribution in [0.1, 0.15) is 51.7 Å². The largest absolute Gasteiger partial charge is 0.455 e. The number of aromatic nitrogens is 3. The summed E-state index contributed by atoms with van der Waals surface area (Å²) in [6, 6.07) is 58.2. The second-order valence-corrected chi connectivity index (χ2v) is 17.5. The third-order valence-corrected chi connectivity index (χ3v) is 12.8. The van der Waals surface area contributed by atoms with E-state index in [9.17, 15) is 0 Å². The van der Waals surface area contributed by atoms with Gasteiger partial charge in [-0.3, -0.25) is 0 Å². The van der Waals surface area contributed by atoms with Gasteiger partial charge in [0.25, 0.3) is 0 Å². The fourth-order valence-electron chi connectivity index (χ4n) is 9.27. The van der Waals surface area contributed by atoms with Crippen LogP contribution >= 0.6 is 0 Å². The zero-order valence-corrected chi connectivity index (χ0v) is 33.8. The van der Waals surface area contributed by atoms with Crippen molar-refractivity contribution in [1.29, 1.82) is 0 Å². The van der Waals surface area contributed by atoms with Crippen molar-refractivity contribution in [3.8, 4) is 56.4 Å². The van der Waals surface area contributed by atoms with E-state index in [4.69, 9.17) is 19.4 Å². The first kappa shape index (κ1) is 35.3. The van der Waals surface area contributed by atoms with Gasteiger partial charge in [-0.05, 0) is 97.3 Å². The molecule has 4 nitrogen and oxygen atoms in total. The molecule has 0 saturated heterocycles. The number of furan rings is 1. The smallest absolute Gasteiger partial charge is 0.164 e. The van der Waals surface area contributed by atoms with E-state index in [0.717, 1.165) is 61.7 Å². The first-order valence-electron chi connectivity index (χ1n) is 20.6. The highest BCUT2D eigenvalue weighted by atomic mass is 16.3. The Balaban J connectivity index is 1.14. The number of para-hydroxylation sites is 1. The summed E-state index contributed by atoms with van der Waals surface area (Å²) in [6.07, 6.45) is 2.31. The van der Waals surface area contributed by atoms with Gasteiger partial charge < -0.3 is 4.42 Å².